The summed E-state index contributed by atoms with van der Waals surface area (Å²) < 4.78 is 0. The molecule has 0 spiro atoms. The highest BCUT2D eigenvalue weighted by molar-refractivity contribution is 7.15. The fourth-order valence-corrected chi connectivity index (χ4v) is 3.90. The number of thiazole rings is 1. The molecule has 5 nitrogen and oxygen atoms in total. The Morgan fingerprint density at radius 1 is 1.14 bits per heavy atom. The molecule has 0 bridgehead atoms. The highest BCUT2D eigenvalue weighted by Gasteiger charge is 2.29. The van der Waals surface area contributed by atoms with Crippen molar-refractivity contribution in [3.63, 3.8) is 0 Å². The highest BCUT2D eigenvalue weighted by Crippen LogP contribution is 2.30. The molecular weight excluding hydrogens is 406 g/mol. The Bertz CT molecular complexity index is 1060. The van der Waals surface area contributed by atoms with Crippen LogP contribution in [-0.4, -0.2) is 16.8 Å². The van der Waals surface area contributed by atoms with Crippen LogP contribution < -0.4 is 10.6 Å². The summed E-state index contributed by atoms with van der Waals surface area (Å²) in [5, 5.41) is 6.99. The molecule has 3 aromatic rings. The molecule has 29 heavy (non-hydrogen) atoms. The lowest BCUT2D eigenvalue weighted by molar-refractivity contribution is -0.117. The molecule has 1 aliphatic rings. The van der Waals surface area contributed by atoms with Gasteiger partial charge < -0.3 is 5.32 Å². The molecule has 0 unspecified atom stereocenters. The van der Waals surface area contributed by atoms with E-state index in [1.807, 2.05) is 25.1 Å². The molecule has 2 aromatic carbocycles. The van der Waals surface area contributed by atoms with E-state index in [1.165, 1.54) is 11.3 Å². The largest absolute Gasteiger partial charge is 0.326 e. The number of carbonyl (C=O) groups is 2. The minimum absolute atomic E-state index is 0.0485. The van der Waals surface area contributed by atoms with E-state index in [4.69, 9.17) is 11.6 Å². The van der Waals surface area contributed by atoms with Gasteiger partial charge in [0.05, 0.1) is 0 Å². The summed E-state index contributed by atoms with van der Waals surface area (Å²) >= 11 is 7.63. The highest BCUT2D eigenvalue weighted by atomic mass is 35.5. The molecule has 0 radical (unpaired) electrons. The molecule has 2 N–H and O–H groups in total. The standard InChI is InChI=1S/C22H20ClN3O2S/c1-13-2-3-14(11-19(13)23)10-18-12-24-22(29-18)26-21(28)16-6-8-17(9-7-16)25-20(27)15-4-5-15/h2-3,6-9,11-12,15H,4-5,10H2,1H3,(H,25,27)(H,24,26,28). The Labute approximate surface area is 178 Å². The summed E-state index contributed by atoms with van der Waals surface area (Å²) in [7, 11) is 0. The molecule has 1 aromatic heterocycles. The van der Waals surface area contributed by atoms with Crippen LogP contribution >= 0.6 is 22.9 Å². The van der Waals surface area contributed by atoms with Crippen molar-refractivity contribution in [1.82, 2.24) is 4.98 Å². The van der Waals surface area contributed by atoms with Gasteiger partial charge in [-0.15, -0.1) is 11.3 Å². The van der Waals surface area contributed by atoms with Crippen molar-refractivity contribution >= 4 is 45.6 Å². The molecule has 4 rings (SSSR count). The molecule has 0 atom stereocenters. The van der Waals surface area contributed by atoms with Gasteiger partial charge in [0, 0.05) is 39.7 Å². The maximum Gasteiger partial charge on any atom is 0.257 e. The van der Waals surface area contributed by atoms with Gasteiger partial charge in [-0.1, -0.05) is 23.7 Å². The van der Waals surface area contributed by atoms with Crippen LogP contribution in [0.15, 0.2) is 48.7 Å². The van der Waals surface area contributed by atoms with Crippen molar-refractivity contribution < 1.29 is 9.59 Å². The maximum atomic E-state index is 12.5. The molecular formula is C22H20ClN3O2S. The zero-order valence-electron chi connectivity index (χ0n) is 15.9. The average molecular weight is 426 g/mol. The molecule has 0 saturated heterocycles. The van der Waals surface area contributed by atoms with Crippen molar-refractivity contribution in [2.75, 3.05) is 10.6 Å². The predicted octanol–water partition coefficient (Wildman–Crippen LogP) is 5.30. The van der Waals surface area contributed by atoms with Crippen LogP contribution in [-0.2, 0) is 11.2 Å². The van der Waals surface area contributed by atoms with Crippen molar-refractivity contribution in [3.05, 3.63) is 75.3 Å². The van der Waals surface area contributed by atoms with Crippen LogP contribution in [0.5, 0.6) is 0 Å². The Kier molecular flexibility index (Phi) is 5.65. The zero-order valence-corrected chi connectivity index (χ0v) is 17.4. The molecule has 1 heterocycles. The number of nitrogens with zero attached hydrogens (tertiary/aromatic N) is 1. The van der Waals surface area contributed by atoms with Gasteiger partial charge in [-0.25, -0.2) is 4.98 Å². The van der Waals surface area contributed by atoms with E-state index in [0.717, 1.165) is 33.9 Å². The van der Waals surface area contributed by atoms with Gasteiger partial charge in [0.2, 0.25) is 5.91 Å². The Morgan fingerprint density at radius 2 is 1.90 bits per heavy atom. The third-order valence-electron chi connectivity index (χ3n) is 4.75. The number of carbonyl (C=O) groups excluding carboxylic acids is 2. The molecule has 148 valence electrons. The first-order valence-electron chi connectivity index (χ1n) is 9.40. The minimum Gasteiger partial charge on any atom is -0.326 e. The van der Waals surface area contributed by atoms with Gasteiger partial charge in [-0.05, 0) is 61.2 Å². The zero-order chi connectivity index (χ0) is 20.4. The third-order valence-corrected chi connectivity index (χ3v) is 6.07. The van der Waals surface area contributed by atoms with Crippen molar-refractivity contribution in [3.8, 4) is 0 Å². The first-order chi connectivity index (χ1) is 14.0. The van der Waals surface area contributed by atoms with E-state index < -0.39 is 0 Å². The van der Waals surface area contributed by atoms with Crippen LogP contribution in [0.4, 0.5) is 10.8 Å². The normalized spacial score (nSPS) is 13.2. The van der Waals surface area contributed by atoms with Crippen LogP contribution in [0.1, 0.15) is 39.2 Å². The van der Waals surface area contributed by atoms with Crippen LogP contribution in [0.2, 0.25) is 5.02 Å². The number of rotatable bonds is 6. The summed E-state index contributed by atoms with van der Waals surface area (Å²) in [6, 6.07) is 12.9. The maximum absolute atomic E-state index is 12.5. The third kappa shape index (κ3) is 5.02. The minimum atomic E-state index is -0.232. The summed E-state index contributed by atoms with van der Waals surface area (Å²) in [5.74, 6) is -0.0373. The lowest BCUT2D eigenvalue weighted by Crippen LogP contribution is -2.14. The number of anilines is 2. The average Bonchev–Trinajstić information content (AvgIpc) is 3.47. The monoisotopic (exact) mass is 425 g/mol. The van der Waals surface area contributed by atoms with Gasteiger partial charge in [0.25, 0.3) is 5.91 Å². The molecule has 2 amide bonds. The quantitative estimate of drug-likeness (QED) is 0.563. The number of amides is 2. The van der Waals surface area contributed by atoms with E-state index in [2.05, 4.69) is 15.6 Å². The molecule has 7 heteroatoms. The first-order valence-corrected chi connectivity index (χ1v) is 10.6. The van der Waals surface area contributed by atoms with Gasteiger partial charge >= 0.3 is 0 Å². The second-order valence-corrected chi connectivity index (χ2v) is 8.71. The number of benzene rings is 2. The molecule has 1 fully saturated rings. The second kappa shape index (κ2) is 8.35. The Balaban J connectivity index is 1.35. The number of hydrogen-bond acceptors (Lipinski definition) is 4. The number of nitrogens with one attached hydrogen (secondary N) is 2. The fourth-order valence-electron chi connectivity index (χ4n) is 2.86. The Hall–Kier alpha value is -2.70. The van der Waals surface area contributed by atoms with E-state index in [-0.39, 0.29) is 17.7 Å². The summed E-state index contributed by atoms with van der Waals surface area (Å²) in [5.41, 5.74) is 3.36. The van der Waals surface area contributed by atoms with Crippen LogP contribution in [0, 0.1) is 12.8 Å². The molecule has 0 aliphatic heterocycles. The number of aryl methyl sites for hydroxylation is 1. The number of hydrogen-bond donors (Lipinski definition) is 2. The SMILES string of the molecule is Cc1ccc(Cc2cnc(NC(=O)c3ccc(NC(=O)C4CC4)cc3)s2)cc1Cl. The van der Waals surface area contributed by atoms with Crippen LogP contribution in [0.3, 0.4) is 0 Å². The lowest BCUT2D eigenvalue weighted by atomic mass is 10.1. The summed E-state index contributed by atoms with van der Waals surface area (Å²) in [6.45, 7) is 1.97. The second-order valence-electron chi connectivity index (χ2n) is 7.19. The topological polar surface area (TPSA) is 71.1 Å². The van der Waals surface area contributed by atoms with Gasteiger partial charge in [0.1, 0.15) is 0 Å². The van der Waals surface area contributed by atoms with E-state index >= 15 is 0 Å². The smallest absolute Gasteiger partial charge is 0.257 e. The van der Waals surface area contributed by atoms with E-state index in [9.17, 15) is 9.59 Å². The number of halogens is 1. The van der Waals surface area contributed by atoms with Gasteiger partial charge in [-0.3, -0.25) is 14.9 Å². The van der Waals surface area contributed by atoms with Crippen molar-refractivity contribution in [2.24, 2.45) is 5.92 Å². The van der Waals surface area contributed by atoms with E-state index in [0.29, 0.717) is 22.8 Å². The van der Waals surface area contributed by atoms with Gasteiger partial charge in [-0.2, -0.15) is 0 Å². The summed E-state index contributed by atoms with van der Waals surface area (Å²) in [6.07, 6.45) is 4.39. The van der Waals surface area contributed by atoms with Crippen molar-refractivity contribution in [1.29, 1.82) is 0 Å². The van der Waals surface area contributed by atoms with Crippen molar-refractivity contribution in [2.45, 2.75) is 26.2 Å². The lowest BCUT2D eigenvalue weighted by Gasteiger charge is -2.06. The molecule has 1 saturated carbocycles. The van der Waals surface area contributed by atoms with E-state index in [1.54, 1.807) is 30.5 Å². The van der Waals surface area contributed by atoms with Crippen LogP contribution in [0.25, 0.3) is 0 Å². The first kappa shape index (κ1) is 19.6. The Morgan fingerprint density at radius 3 is 2.59 bits per heavy atom. The fraction of sp³-hybridized carbons (Fsp3) is 0.227. The predicted molar refractivity (Wildman–Crippen MR) is 117 cm³/mol. The number of aromatic nitrogens is 1. The van der Waals surface area contributed by atoms with Gasteiger partial charge in [0.15, 0.2) is 5.13 Å². The summed E-state index contributed by atoms with van der Waals surface area (Å²) in [4.78, 5) is 29.6. The molecule has 1 aliphatic carbocycles.